The molecule has 0 saturated carbocycles. The van der Waals surface area contributed by atoms with E-state index in [0.29, 0.717) is 13.0 Å². The van der Waals surface area contributed by atoms with E-state index in [4.69, 9.17) is 9.47 Å². The number of carbonyl (C=O) groups excluding carboxylic acids is 1. The first kappa shape index (κ1) is 57.2. The van der Waals surface area contributed by atoms with E-state index in [-0.39, 0.29) is 29.4 Å². The summed E-state index contributed by atoms with van der Waals surface area (Å²) >= 11 is 0. The number of para-hydroxylation sites is 1. The van der Waals surface area contributed by atoms with Gasteiger partial charge in [0.15, 0.2) is 0 Å². The first-order valence-electron chi connectivity index (χ1n) is 21.1. The molecule has 6 nitrogen and oxygen atoms in total. The molecule has 4 aromatic rings. The molecule has 0 radical (unpaired) electrons. The van der Waals surface area contributed by atoms with Crippen molar-refractivity contribution in [2.24, 2.45) is 0 Å². The Hall–Kier alpha value is -4.13. The first-order valence-corrected chi connectivity index (χ1v) is 21.1. The number of benzene rings is 4. The van der Waals surface area contributed by atoms with E-state index < -0.39 is 0 Å². The molecule has 0 unspecified atom stereocenters. The fourth-order valence-electron chi connectivity index (χ4n) is 4.08. The van der Waals surface area contributed by atoms with Crippen molar-refractivity contribution in [2.45, 2.75) is 161 Å². The number of ether oxygens (including phenoxy) is 2. The lowest BCUT2D eigenvalue weighted by molar-refractivity contribution is -0.144. The van der Waals surface area contributed by atoms with Gasteiger partial charge in [0, 0.05) is 35.2 Å². The van der Waals surface area contributed by atoms with E-state index in [1.165, 1.54) is 22.4 Å². The van der Waals surface area contributed by atoms with Crippen LogP contribution >= 0.6 is 0 Å². The van der Waals surface area contributed by atoms with Gasteiger partial charge in [-0.2, -0.15) is 0 Å². The molecule has 322 valence electrons. The number of esters is 1. The number of aryl methyl sites for hydroxylation is 2. The van der Waals surface area contributed by atoms with E-state index >= 15 is 0 Å². The maximum Gasteiger partial charge on any atom is 0.311 e. The molecule has 0 aliphatic heterocycles. The normalized spacial score (nSPS) is 10.2. The molecule has 4 aromatic carbocycles. The van der Waals surface area contributed by atoms with Gasteiger partial charge in [-0.1, -0.05) is 133 Å². The Morgan fingerprint density at radius 1 is 0.579 bits per heavy atom. The molecule has 0 atom stereocenters. The van der Waals surface area contributed by atoms with Crippen molar-refractivity contribution in [1.29, 1.82) is 0 Å². The van der Waals surface area contributed by atoms with Gasteiger partial charge in [-0.05, 0) is 124 Å². The molecule has 0 amide bonds. The zero-order valence-corrected chi connectivity index (χ0v) is 40.1. The zero-order valence-electron chi connectivity index (χ0n) is 40.1. The van der Waals surface area contributed by atoms with Crippen molar-refractivity contribution in [2.75, 3.05) is 24.0 Å². The zero-order chi connectivity index (χ0) is 44.7. The fourth-order valence-corrected chi connectivity index (χ4v) is 4.08. The molecule has 0 spiro atoms. The van der Waals surface area contributed by atoms with Gasteiger partial charge < -0.3 is 19.7 Å². The summed E-state index contributed by atoms with van der Waals surface area (Å²) in [5.74, 6) is -0.203. The Bertz CT molecular complexity index is 1500. The minimum absolute atomic E-state index is 0.0376. The molecule has 0 aliphatic rings. The predicted octanol–water partition coefficient (Wildman–Crippen LogP) is 14.5. The molecule has 4 rings (SSSR count). The van der Waals surface area contributed by atoms with Crippen molar-refractivity contribution in [1.82, 2.24) is 5.32 Å². The lowest BCUT2D eigenvalue weighted by Crippen LogP contribution is -2.38. The quantitative estimate of drug-likeness (QED) is 0.130. The van der Waals surface area contributed by atoms with Gasteiger partial charge in [-0.3, -0.25) is 10.1 Å². The number of nitrogens with zero attached hydrogens (tertiary/aromatic N) is 1. The summed E-state index contributed by atoms with van der Waals surface area (Å²) in [6.45, 7) is 40.0. The molecule has 0 saturated heterocycles. The van der Waals surface area contributed by atoms with Gasteiger partial charge >= 0.3 is 5.97 Å². The van der Waals surface area contributed by atoms with Crippen LogP contribution in [0.2, 0.25) is 0 Å². The van der Waals surface area contributed by atoms with Crippen LogP contribution in [-0.4, -0.2) is 36.4 Å². The van der Waals surface area contributed by atoms with Crippen LogP contribution in [0.5, 0.6) is 0 Å². The Morgan fingerprint density at radius 3 is 1.40 bits per heavy atom. The standard InChI is InChI=1S/C17H22N2.C14H21NO2.C12H18O.4C2H6/c1-17(2,3)19(4)16-12-10-15(11-13-16)18-14-8-6-5-7-9-14;1-11-5-7-12(8-6-11)9-13(16)17-10-15-14(2,3)4;1-10-5-7-11(8-6-10)9-13-12(2,3)4;4*1-2/h5-13,18H,1-4H3;5-8,15H,9-10H2,1-4H3;5-8H,9H2,1-4H3;4*1-2H3. The van der Waals surface area contributed by atoms with Gasteiger partial charge in [0.05, 0.1) is 18.6 Å². The van der Waals surface area contributed by atoms with Crippen LogP contribution in [0.15, 0.2) is 103 Å². The highest BCUT2D eigenvalue weighted by atomic mass is 16.5. The maximum absolute atomic E-state index is 11.5. The monoisotopic (exact) mass is 788 g/mol. The molecule has 0 fully saturated rings. The lowest BCUT2D eigenvalue weighted by Gasteiger charge is -2.34. The average Bonchev–Trinajstić information content (AvgIpc) is 3.18. The van der Waals surface area contributed by atoms with Crippen molar-refractivity contribution in [3.8, 4) is 0 Å². The average molecular weight is 788 g/mol. The van der Waals surface area contributed by atoms with Crippen LogP contribution in [0.25, 0.3) is 0 Å². The fraction of sp³-hybridized carbons (Fsp3) is 0.510. The second-order valence-corrected chi connectivity index (χ2v) is 15.4. The third kappa shape index (κ3) is 30.7. The summed E-state index contributed by atoms with van der Waals surface area (Å²) in [4.78, 5) is 13.8. The Balaban J connectivity index is -0.000000713. The molecule has 0 heterocycles. The van der Waals surface area contributed by atoms with Gasteiger partial charge in [-0.25, -0.2) is 0 Å². The number of nitrogens with one attached hydrogen (secondary N) is 2. The summed E-state index contributed by atoms with van der Waals surface area (Å²) in [6, 6.07) is 35.1. The van der Waals surface area contributed by atoms with Crippen LogP contribution in [0.3, 0.4) is 0 Å². The predicted molar refractivity (Wildman–Crippen MR) is 254 cm³/mol. The Morgan fingerprint density at radius 2 is 1.00 bits per heavy atom. The minimum atomic E-state index is -0.203. The number of rotatable bonds is 9. The molecule has 6 heteroatoms. The van der Waals surface area contributed by atoms with Gasteiger partial charge in [0.2, 0.25) is 0 Å². The number of carbonyl (C=O) groups is 1. The van der Waals surface area contributed by atoms with Crippen LogP contribution in [0, 0.1) is 13.8 Å². The minimum Gasteiger partial charge on any atom is -0.449 e. The van der Waals surface area contributed by atoms with E-state index in [1.54, 1.807) is 0 Å². The number of hydrogen-bond acceptors (Lipinski definition) is 6. The SMILES string of the molecule is CC.CC.CC.CC.CN(c1ccc(Nc2ccccc2)cc1)C(C)(C)C.Cc1ccc(CC(=O)OCNC(C)(C)C)cc1.Cc1ccc(COC(C)(C)C)cc1. The highest BCUT2D eigenvalue weighted by molar-refractivity contribution is 5.72. The van der Waals surface area contributed by atoms with Gasteiger partial charge in [-0.15, -0.1) is 0 Å². The Kier molecular flexibility index (Phi) is 32.0. The second-order valence-electron chi connectivity index (χ2n) is 15.4. The molecule has 0 aromatic heterocycles. The summed E-state index contributed by atoms with van der Waals surface area (Å²) in [6.07, 6.45) is 0.325. The van der Waals surface area contributed by atoms with Gasteiger partial charge in [0.1, 0.15) is 6.73 Å². The summed E-state index contributed by atoms with van der Waals surface area (Å²) in [5.41, 5.74) is 8.19. The molecular formula is C51H85N3O3. The second kappa shape index (κ2) is 31.9. The smallest absolute Gasteiger partial charge is 0.311 e. The number of hydrogen-bond donors (Lipinski definition) is 2. The molecule has 57 heavy (non-hydrogen) atoms. The van der Waals surface area contributed by atoms with E-state index in [2.05, 4.69) is 132 Å². The van der Waals surface area contributed by atoms with Crippen molar-refractivity contribution < 1.29 is 14.3 Å². The highest BCUT2D eigenvalue weighted by Crippen LogP contribution is 2.25. The topological polar surface area (TPSA) is 62.8 Å². The van der Waals surface area contributed by atoms with Crippen molar-refractivity contribution in [3.63, 3.8) is 0 Å². The van der Waals surface area contributed by atoms with Gasteiger partial charge in [0.25, 0.3) is 0 Å². The third-order valence-corrected chi connectivity index (χ3v) is 7.42. The third-order valence-electron chi connectivity index (χ3n) is 7.42. The van der Waals surface area contributed by atoms with E-state index in [1.807, 2.05) is 126 Å². The van der Waals surface area contributed by atoms with E-state index in [9.17, 15) is 4.79 Å². The number of anilines is 3. The largest absolute Gasteiger partial charge is 0.449 e. The van der Waals surface area contributed by atoms with Crippen LogP contribution in [0.1, 0.15) is 140 Å². The molecule has 2 N–H and O–H groups in total. The van der Waals surface area contributed by atoms with Crippen LogP contribution in [-0.2, 0) is 27.3 Å². The molecule has 0 aliphatic carbocycles. The molecule has 0 bridgehead atoms. The van der Waals surface area contributed by atoms with Crippen molar-refractivity contribution >= 4 is 23.0 Å². The lowest BCUT2D eigenvalue weighted by atomic mass is 10.1. The molecular weight excluding hydrogens is 703 g/mol. The summed E-state index contributed by atoms with van der Waals surface area (Å²) in [7, 11) is 2.12. The Labute approximate surface area is 352 Å². The van der Waals surface area contributed by atoms with E-state index in [0.717, 1.165) is 16.9 Å². The highest BCUT2D eigenvalue weighted by Gasteiger charge is 2.17. The van der Waals surface area contributed by atoms with Crippen molar-refractivity contribution in [3.05, 3.63) is 125 Å². The van der Waals surface area contributed by atoms with Crippen LogP contribution in [0.4, 0.5) is 17.1 Å². The van der Waals surface area contributed by atoms with Crippen LogP contribution < -0.4 is 15.5 Å². The summed E-state index contributed by atoms with van der Waals surface area (Å²) < 4.78 is 10.8. The summed E-state index contributed by atoms with van der Waals surface area (Å²) in [5, 5.41) is 6.49. The maximum atomic E-state index is 11.5. The first-order chi connectivity index (χ1) is 26.8.